The molecule has 1 atom stereocenters. The summed E-state index contributed by atoms with van der Waals surface area (Å²) in [5.74, 6) is -0.926. The summed E-state index contributed by atoms with van der Waals surface area (Å²) in [6, 6.07) is 3.73. The summed E-state index contributed by atoms with van der Waals surface area (Å²) >= 11 is 3.31. The molecule has 0 radical (unpaired) electrons. The molecule has 1 aromatic heterocycles. The molecule has 0 bridgehead atoms. The van der Waals surface area contributed by atoms with Crippen molar-refractivity contribution in [1.82, 2.24) is 4.98 Å². The zero-order valence-electron chi connectivity index (χ0n) is 8.81. The average Bonchev–Trinajstić information content (AvgIpc) is 3.01. The summed E-state index contributed by atoms with van der Waals surface area (Å²) in [5.41, 5.74) is 0.367. The molecule has 1 aliphatic carbocycles. The number of carboxylic acids is 1. The summed E-state index contributed by atoms with van der Waals surface area (Å²) in [5, 5.41) is 9.10. The van der Waals surface area contributed by atoms with E-state index in [2.05, 4.69) is 20.9 Å². The van der Waals surface area contributed by atoms with Crippen molar-refractivity contribution < 1.29 is 14.6 Å². The van der Waals surface area contributed by atoms with Gasteiger partial charge in [-0.25, -0.2) is 4.79 Å². The van der Waals surface area contributed by atoms with Crippen molar-refractivity contribution in [2.75, 3.05) is 7.11 Å². The Kier molecular flexibility index (Phi) is 2.99. The molecule has 0 aliphatic heterocycles. The molecule has 1 unspecified atom stereocenters. The van der Waals surface area contributed by atoms with E-state index >= 15 is 0 Å². The second-order valence-electron chi connectivity index (χ2n) is 3.97. The van der Waals surface area contributed by atoms with Gasteiger partial charge in [-0.1, -0.05) is 0 Å². The van der Waals surface area contributed by atoms with E-state index in [1.807, 2.05) is 12.1 Å². The summed E-state index contributed by atoms with van der Waals surface area (Å²) < 4.78 is 5.96. The first-order chi connectivity index (χ1) is 7.60. The van der Waals surface area contributed by atoms with Crippen LogP contribution in [0.2, 0.25) is 0 Å². The van der Waals surface area contributed by atoms with Gasteiger partial charge in [-0.05, 0) is 40.9 Å². The van der Waals surface area contributed by atoms with Gasteiger partial charge in [-0.2, -0.15) is 0 Å². The fraction of sp³-hybridized carbons (Fsp3) is 0.455. The van der Waals surface area contributed by atoms with Gasteiger partial charge >= 0.3 is 5.97 Å². The van der Waals surface area contributed by atoms with E-state index < -0.39 is 17.5 Å². The van der Waals surface area contributed by atoms with Crippen LogP contribution in [0.25, 0.3) is 0 Å². The Morgan fingerprint density at radius 3 is 2.69 bits per heavy atom. The van der Waals surface area contributed by atoms with E-state index in [4.69, 9.17) is 9.84 Å². The topological polar surface area (TPSA) is 59.4 Å². The van der Waals surface area contributed by atoms with E-state index in [0.717, 1.165) is 23.0 Å². The maximum Gasteiger partial charge on any atom is 0.333 e. The molecule has 1 aliphatic rings. The van der Waals surface area contributed by atoms with Gasteiger partial charge in [0.1, 0.15) is 0 Å². The number of aliphatic carboxylic acids is 1. The van der Waals surface area contributed by atoms with Gasteiger partial charge in [0.15, 0.2) is 6.10 Å². The number of halogens is 1. The number of pyridine rings is 1. The van der Waals surface area contributed by atoms with Crippen LogP contribution in [0.4, 0.5) is 0 Å². The highest BCUT2D eigenvalue weighted by Crippen LogP contribution is 2.51. The average molecular weight is 286 g/mol. The standard InChI is InChI=1S/C11H12BrNO3/c1-16-9(10(14)15)11(4-5-11)8-3-2-7(12)6-13-8/h2-3,6,9H,4-5H2,1H3,(H,14,15). The summed E-state index contributed by atoms with van der Waals surface area (Å²) in [4.78, 5) is 15.4. The van der Waals surface area contributed by atoms with Crippen LogP contribution in [0.1, 0.15) is 18.5 Å². The first kappa shape index (κ1) is 11.5. The quantitative estimate of drug-likeness (QED) is 0.919. The van der Waals surface area contributed by atoms with Crippen LogP contribution < -0.4 is 0 Å². The third kappa shape index (κ3) is 1.85. The van der Waals surface area contributed by atoms with Crippen LogP contribution in [0.3, 0.4) is 0 Å². The molecule has 0 saturated heterocycles. The minimum Gasteiger partial charge on any atom is -0.479 e. The second kappa shape index (κ2) is 4.14. The number of aromatic nitrogens is 1. The van der Waals surface area contributed by atoms with Crippen LogP contribution in [0.5, 0.6) is 0 Å². The van der Waals surface area contributed by atoms with Crippen molar-refractivity contribution in [2.24, 2.45) is 0 Å². The highest BCUT2D eigenvalue weighted by Gasteiger charge is 2.55. The minimum absolute atomic E-state index is 0.429. The van der Waals surface area contributed by atoms with Crippen LogP contribution >= 0.6 is 15.9 Å². The molecular weight excluding hydrogens is 274 g/mol. The molecule has 4 nitrogen and oxygen atoms in total. The van der Waals surface area contributed by atoms with Crippen molar-refractivity contribution in [3.05, 3.63) is 28.5 Å². The van der Waals surface area contributed by atoms with Gasteiger partial charge in [0.25, 0.3) is 0 Å². The Labute approximate surface area is 102 Å². The highest BCUT2D eigenvalue weighted by atomic mass is 79.9. The number of nitrogens with zero attached hydrogens (tertiary/aromatic N) is 1. The lowest BCUT2D eigenvalue weighted by molar-refractivity contribution is -0.150. The fourth-order valence-electron chi connectivity index (χ4n) is 2.02. The minimum atomic E-state index is -0.926. The molecule has 1 aromatic rings. The molecular formula is C11H12BrNO3. The molecule has 1 saturated carbocycles. The smallest absolute Gasteiger partial charge is 0.333 e. The number of ether oxygens (including phenoxy) is 1. The van der Waals surface area contributed by atoms with E-state index in [0.29, 0.717) is 0 Å². The molecule has 1 heterocycles. The van der Waals surface area contributed by atoms with Gasteiger partial charge in [0.2, 0.25) is 0 Å². The summed E-state index contributed by atoms with van der Waals surface area (Å²) in [7, 11) is 1.43. The van der Waals surface area contributed by atoms with Crippen molar-refractivity contribution in [1.29, 1.82) is 0 Å². The largest absolute Gasteiger partial charge is 0.479 e. The van der Waals surface area contributed by atoms with Gasteiger partial charge < -0.3 is 9.84 Å². The van der Waals surface area contributed by atoms with Gasteiger partial charge in [-0.15, -0.1) is 0 Å². The van der Waals surface area contributed by atoms with Gasteiger partial charge in [-0.3, -0.25) is 4.98 Å². The van der Waals surface area contributed by atoms with Crippen molar-refractivity contribution >= 4 is 21.9 Å². The molecule has 5 heteroatoms. The Morgan fingerprint density at radius 1 is 1.62 bits per heavy atom. The molecule has 1 N–H and O–H groups in total. The fourth-order valence-corrected chi connectivity index (χ4v) is 2.25. The molecule has 16 heavy (non-hydrogen) atoms. The lowest BCUT2D eigenvalue weighted by Gasteiger charge is -2.21. The van der Waals surface area contributed by atoms with Crippen molar-refractivity contribution in [2.45, 2.75) is 24.4 Å². The SMILES string of the molecule is COC(C(=O)O)C1(c2ccc(Br)cn2)CC1. The first-order valence-corrected chi connectivity index (χ1v) is 5.77. The van der Waals surface area contributed by atoms with E-state index in [9.17, 15) is 4.79 Å². The number of rotatable bonds is 4. The molecule has 0 aromatic carbocycles. The summed E-state index contributed by atoms with van der Waals surface area (Å²) in [6.45, 7) is 0. The lowest BCUT2D eigenvalue weighted by atomic mass is 9.94. The molecule has 0 spiro atoms. The third-order valence-corrected chi connectivity index (χ3v) is 3.46. The number of methoxy groups -OCH3 is 1. The number of carbonyl (C=O) groups is 1. The third-order valence-electron chi connectivity index (χ3n) is 2.99. The first-order valence-electron chi connectivity index (χ1n) is 4.98. The zero-order chi connectivity index (χ0) is 11.8. The molecule has 2 rings (SSSR count). The molecule has 1 fully saturated rings. The van der Waals surface area contributed by atoms with Crippen LogP contribution in [-0.2, 0) is 14.9 Å². The van der Waals surface area contributed by atoms with Crippen molar-refractivity contribution in [3.8, 4) is 0 Å². The Morgan fingerprint density at radius 2 is 2.31 bits per heavy atom. The highest BCUT2D eigenvalue weighted by molar-refractivity contribution is 9.10. The van der Waals surface area contributed by atoms with E-state index in [1.165, 1.54) is 7.11 Å². The number of hydrogen-bond acceptors (Lipinski definition) is 3. The predicted molar refractivity (Wildman–Crippen MR) is 61.3 cm³/mol. The lowest BCUT2D eigenvalue weighted by Crippen LogP contribution is -2.36. The Hall–Kier alpha value is -0.940. The van der Waals surface area contributed by atoms with Gasteiger partial charge in [0, 0.05) is 28.9 Å². The Bertz CT molecular complexity index is 400. The number of hydrogen-bond donors (Lipinski definition) is 1. The monoisotopic (exact) mass is 285 g/mol. The van der Waals surface area contributed by atoms with Gasteiger partial charge in [0.05, 0.1) is 0 Å². The predicted octanol–water partition coefficient (Wildman–Crippen LogP) is 1.98. The number of carboxylic acid groups (broad SMARTS) is 1. The zero-order valence-corrected chi connectivity index (χ0v) is 10.4. The normalized spacial score (nSPS) is 19.1. The van der Waals surface area contributed by atoms with Crippen LogP contribution in [0, 0.1) is 0 Å². The second-order valence-corrected chi connectivity index (χ2v) is 4.89. The molecule has 0 amide bonds. The van der Waals surface area contributed by atoms with E-state index in [-0.39, 0.29) is 0 Å². The van der Waals surface area contributed by atoms with Crippen LogP contribution in [0.15, 0.2) is 22.8 Å². The van der Waals surface area contributed by atoms with Crippen LogP contribution in [-0.4, -0.2) is 29.3 Å². The van der Waals surface area contributed by atoms with E-state index in [1.54, 1.807) is 6.20 Å². The Balaban J connectivity index is 2.31. The maximum atomic E-state index is 11.1. The maximum absolute atomic E-state index is 11.1. The summed E-state index contributed by atoms with van der Waals surface area (Å²) in [6.07, 6.45) is 2.50. The van der Waals surface area contributed by atoms with Crippen molar-refractivity contribution in [3.63, 3.8) is 0 Å². The molecule has 86 valence electrons.